The van der Waals surface area contributed by atoms with Gasteiger partial charge in [0.15, 0.2) is 0 Å². The SMILES string of the molecule is COC(=O)N1CC(c2nc(-c3ccc(C)c(NC(=O)c4cnc5ccc(COS(C)(=O)=O)cn45)c3)no2)C1. The van der Waals surface area contributed by atoms with E-state index in [1.807, 2.05) is 19.1 Å². The van der Waals surface area contributed by atoms with E-state index in [4.69, 9.17) is 13.4 Å². The lowest BCUT2D eigenvalue weighted by molar-refractivity contribution is 0.0804. The molecule has 2 amide bonds. The van der Waals surface area contributed by atoms with E-state index in [0.717, 1.165) is 11.8 Å². The molecule has 198 valence electrons. The molecule has 4 aromatic rings. The summed E-state index contributed by atoms with van der Waals surface area (Å²) >= 11 is 0. The summed E-state index contributed by atoms with van der Waals surface area (Å²) in [7, 11) is -2.28. The number of carbonyl (C=O) groups excluding carboxylic acids is 2. The van der Waals surface area contributed by atoms with Gasteiger partial charge in [-0.1, -0.05) is 23.4 Å². The zero-order valence-electron chi connectivity index (χ0n) is 20.7. The Morgan fingerprint density at radius 1 is 1.21 bits per heavy atom. The van der Waals surface area contributed by atoms with Crippen LogP contribution in [0, 0.1) is 6.92 Å². The van der Waals surface area contributed by atoms with E-state index in [1.165, 1.54) is 18.2 Å². The Labute approximate surface area is 217 Å². The molecule has 0 spiro atoms. The molecular formula is C24H24N6O7S. The number of rotatable bonds is 7. The number of methoxy groups -OCH3 is 1. The number of aromatic nitrogens is 4. The molecule has 1 aliphatic heterocycles. The van der Waals surface area contributed by atoms with E-state index in [1.54, 1.807) is 28.8 Å². The summed E-state index contributed by atoms with van der Waals surface area (Å²) in [6, 6.07) is 8.75. The first-order chi connectivity index (χ1) is 18.1. The number of pyridine rings is 1. The van der Waals surface area contributed by atoms with Gasteiger partial charge in [-0.15, -0.1) is 0 Å². The van der Waals surface area contributed by atoms with Crippen LogP contribution in [0.25, 0.3) is 17.0 Å². The van der Waals surface area contributed by atoms with Crippen molar-refractivity contribution in [2.75, 3.05) is 31.8 Å². The molecule has 0 saturated carbocycles. The summed E-state index contributed by atoms with van der Waals surface area (Å²) in [5, 5.41) is 6.96. The lowest BCUT2D eigenvalue weighted by Gasteiger charge is -2.35. The van der Waals surface area contributed by atoms with Crippen molar-refractivity contribution >= 4 is 33.5 Å². The van der Waals surface area contributed by atoms with Crippen LogP contribution in [-0.4, -0.2) is 71.3 Å². The predicted octanol–water partition coefficient (Wildman–Crippen LogP) is 2.59. The number of hydrogen-bond acceptors (Lipinski definition) is 10. The fourth-order valence-electron chi connectivity index (χ4n) is 3.97. The van der Waals surface area contributed by atoms with Crippen molar-refractivity contribution in [2.45, 2.75) is 19.4 Å². The number of fused-ring (bicyclic) bond motifs is 1. The number of hydrogen-bond donors (Lipinski definition) is 1. The second kappa shape index (κ2) is 9.87. The molecule has 13 nitrogen and oxygen atoms in total. The van der Waals surface area contributed by atoms with Crippen LogP contribution in [0.3, 0.4) is 0 Å². The molecule has 1 N–H and O–H groups in total. The Hall–Kier alpha value is -4.30. The standard InChI is InChI=1S/C24H24N6O7S/c1-14-4-6-16(21-27-23(37-28-21)17-11-29(12-17)24(32)35-2)8-18(14)26-22(31)19-9-25-20-7-5-15(10-30(19)20)13-36-38(3,33)34/h4-10,17H,11-13H2,1-3H3,(H,26,31). The Morgan fingerprint density at radius 3 is 2.74 bits per heavy atom. The summed E-state index contributed by atoms with van der Waals surface area (Å²) in [5.74, 6) is 0.304. The highest BCUT2D eigenvalue weighted by Crippen LogP contribution is 2.29. The molecular weight excluding hydrogens is 516 g/mol. The van der Waals surface area contributed by atoms with Crippen LogP contribution in [0.2, 0.25) is 0 Å². The van der Waals surface area contributed by atoms with E-state index in [-0.39, 0.29) is 18.2 Å². The maximum atomic E-state index is 13.2. The average molecular weight is 541 g/mol. The van der Waals surface area contributed by atoms with Gasteiger partial charge in [0.2, 0.25) is 11.7 Å². The van der Waals surface area contributed by atoms with Crippen LogP contribution in [0.4, 0.5) is 10.5 Å². The van der Waals surface area contributed by atoms with Gasteiger partial charge in [0.05, 0.1) is 32.1 Å². The molecule has 1 aliphatic rings. The van der Waals surface area contributed by atoms with Gasteiger partial charge in [0.1, 0.15) is 11.3 Å². The highest BCUT2D eigenvalue weighted by Gasteiger charge is 2.36. The molecule has 1 aromatic carbocycles. The largest absolute Gasteiger partial charge is 0.453 e. The van der Waals surface area contributed by atoms with Gasteiger partial charge in [-0.2, -0.15) is 13.4 Å². The van der Waals surface area contributed by atoms with E-state index in [2.05, 4.69) is 20.4 Å². The molecule has 0 unspecified atom stereocenters. The van der Waals surface area contributed by atoms with Crippen LogP contribution in [-0.2, 0) is 25.6 Å². The zero-order valence-corrected chi connectivity index (χ0v) is 21.6. The first-order valence-corrected chi connectivity index (χ1v) is 13.3. The number of amides is 2. The van der Waals surface area contributed by atoms with E-state index < -0.39 is 22.1 Å². The number of aryl methyl sites for hydroxylation is 1. The predicted molar refractivity (Wildman–Crippen MR) is 134 cm³/mol. The molecule has 1 fully saturated rings. The Morgan fingerprint density at radius 2 is 2.00 bits per heavy atom. The monoisotopic (exact) mass is 540 g/mol. The smallest absolute Gasteiger partial charge is 0.409 e. The Kier molecular flexibility index (Phi) is 6.59. The summed E-state index contributed by atoms with van der Waals surface area (Å²) < 4.78 is 39.2. The minimum Gasteiger partial charge on any atom is -0.453 e. The summed E-state index contributed by atoms with van der Waals surface area (Å²) in [6.45, 7) is 2.56. The van der Waals surface area contributed by atoms with Crippen LogP contribution in [0.5, 0.6) is 0 Å². The van der Waals surface area contributed by atoms with Crippen molar-refractivity contribution in [1.82, 2.24) is 24.4 Å². The van der Waals surface area contributed by atoms with E-state index in [0.29, 0.717) is 47.3 Å². The van der Waals surface area contributed by atoms with Crippen molar-refractivity contribution in [3.63, 3.8) is 0 Å². The number of nitrogens with zero attached hydrogens (tertiary/aromatic N) is 5. The summed E-state index contributed by atoms with van der Waals surface area (Å²) in [5.41, 5.74) is 3.34. The maximum absolute atomic E-state index is 13.2. The molecule has 5 rings (SSSR count). The fourth-order valence-corrected chi connectivity index (χ4v) is 4.32. The highest BCUT2D eigenvalue weighted by molar-refractivity contribution is 7.85. The van der Waals surface area contributed by atoms with Crippen LogP contribution in [0.15, 0.2) is 47.2 Å². The van der Waals surface area contributed by atoms with Gasteiger partial charge in [0.25, 0.3) is 16.0 Å². The molecule has 0 bridgehead atoms. The van der Waals surface area contributed by atoms with E-state index >= 15 is 0 Å². The fraction of sp³-hybridized carbons (Fsp3) is 0.292. The van der Waals surface area contributed by atoms with Crippen molar-refractivity contribution in [3.8, 4) is 11.4 Å². The van der Waals surface area contributed by atoms with Gasteiger partial charge >= 0.3 is 6.09 Å². The first-order valence-electron chi connectivity index (χ1n) is 11.5. The number of carbonyl (C=O) groups is 2. The maximum Gasteiger partial charge on any atom is 0.409 e. The summed E-state index contributed by atoms with van der Waals surface area (Å²) in [6.07, 6.45) is 3.62. The van der Waals surface area contributed by atoms with Gasteiger partial charge in [0, 0.05) is 30.5 Å². The minimum atomic E-state index is -3.61. The molecule has 0 atom stereocenters. The van der Waals surface area contributed by atoms with Gasteiger partial charge in [-0.05, 0) is 30.2 Å². The molecule has 0 radical (unpaired) electrons. The number of anilines is 1. The molecule has 0 aliphatic carbocycles. The summed E-state index contributed by atoms with van der Waals surface area (Å²) in [4.78, 5) is 35.0. The van der Waals surface area contributed by atoms with Crippen molar-refractivity contribution in [1.29, 1.82) is 0 Å². The highest BCUT2D eigenvalue weighted by atomic mass is 32.2. The van der Waals surface area contributed by atoms with Crippen LogP contribution >= 0.6 is 0 Å². The van der Waals surface area contributed by atoms with Crippen molar-refractivity contribution in [3.05, 3.63) is 65.4 Å². The van der Waals surface area contributed by atoms with Crippen molar-refractivity contribution < 1.29 is 31.4 Å². The number of nitrogens with one attached hydrogen (secondary N) is 1. The van der Waals surface area contributed by atoms with Gasteiger partial charge in [-0.25, -0.2) is 9.78 Å². The second-order valence-electron chi connectivity index (χ2n) is 8.89. The topological polar surface area (TPSA) is 158 Å². The molecule has 1 saturated heterocycles. The number of ether oxygens (including phenoxy) is 1. The third-order valence-corrected chi connectivity index (χ3v) is 6.63. The second-order valence-corrected chi connectivity index (χ2v) is 10.5. The Bertz CT molecular complexity index is 1640. The third-order valence-electron chi connectivity index (χ3n) is 6.09. The van der Waals surface area contributed by atoms with E-state index in [9.17, 15) is 18.0 Å². The third kappa shape index (κ3) is 5.21. The Balaban J connectivity index is 1.33. The normalized spacial score (nSPS) is 13.9. The molecule has 14 heteroatoms. The minimum absolute atomic E-state index is 0.0668. The lowest BCUT2D eigenvalue weighted by Crippen LogP contribution is -2.48. The van der Waals surface area contributed by atoms with Gasteiger partial charge < -0.3 is 19.5 Å². The number of benzene rings is 1. The molecule has 4 heterocycles. The van der Waals surface area contributed by atoms with Crippen molar-refractivity contribution in [2.24, 2.45) is 0 Å². The average Bonchev–Trinajstić information content (AvgIpc) is 3.50. The quantitative estimate of drug-likeness (QED) is 0.345. The number of likely N-dealkylation sites (tertiary alicyclic amines) is 1. The molecule has 38 heavy (non-hydrogen) atoms. The first kappa shape index (κ1) is 25.4. The number of imidazole rings is 1. The zero-order chi connectivity index (χ0) is 27.0. The van der Waals surface area contributed by atoms with Gasteiger partial charge in [-0.3, -0.25) is 13.4 Å². The van der Waals surface area contributed by atoms with Crippen LogP contribution in [0.1, 0.15) is 33.4 Å². The van der Waals surface area contributed by atoms with Crippen LogP contribution < -0.4 is 5.32 Å². The lowest BCUT2D eigenvalue weighted by atomic mass is 10.0. The molecule has 3 aromatic heterocycles.